The van der Waals surface area contributed by atoms with Gasteiger partial charge >= 0.3 is 0 Å². The smallest absolute Gasteiger partial charge is 0.0588 e. The summed E-state index contributed by atoms with van der Waals surface area (Å²) < 4.78 is 1.19. The number of nitrogens with one attached hydrogen (secondary N) is 1. The number of hydrogen-bond donors (Lipinski definition) is 1. The third kappa shape index (κ3) is 2.43. The maximum absolute atomic E-state index is 6.22. The lowest BCUT2D eigenvalue weighted by molar-refractivity contribution is 1.33. The van der Waals surface area contributed by atoms with E-state index in [1.807, 2.05) is 24.3 Å². The topological polar surface area (TPSA) is 24.9 Å². The molecule has 0 bridgehead atoms. The van der Waals surface area contributed by atoms with Crippen molar-refractivity contribution in [3.63, 3.8) is 0 Å². The number of halogens is 2. The van der Waals surface area contributed by atoms with Crippen molar-refractivity contribution >= 4 is 56.8 Å². The van der Waals surface area contributed by atoms with Crippen LogP contribution in [0, 0.1) is 0 Å². The van der Waals surface area contributed by atoms with Gasteiger partial charge in [0.15, 0.2) is 0 Å². The molecule has 0 radical (unpaired) electrons. The summed E-state index contributed by atoms with van der Waals surface area (Å²) >= 11 is 7.91. The van der Waals surface area contributed by atoms with Crippen LogP contribution in [0.2, 0.25) is 5.02 Å². The van der Waals surface area contributed by atoms with Gasteiger partial charge in [0.05, 0.1) is 10.7 Å². The van der Waals surface area contributed by atoms with Gasteiger partial charge in [0.2, 0.25) is 0 Å². The van der Waals surface area contributed by atoms with Crippen molar-refractivity contribution < 1.29 is 0 Å². The van der Waals surface area contributed by atoms with Crippen LogP contribution in [0.25, 0.3) is 10.1 Å². The van der Waals surface area contributed by atoms with Gasteiger partial charge in [0.25, 0.3) is 0 Å². The zero-order chi connectivity index (χ0) is 11.7. The molecule has 1 aromatic carbocycles. The predicted molar refractivity (Wildman–Crippen MR) is 81.6 cm³/mol. The Kier molecular flexibility index (Phi) is 4.07. The number of hydrogen-bond acceptors (Lipinski definition) is 3. The Balaban J connectivity index is 0.00000120. The number of pyridine rings is 1. The second kappa shape index (κ2) is 5.57. The molecule has 0 aliphatic carbocycles. The molecule has 0 aliphatic heterocycles. The van der Waals surface area contributed by atoms with Crippen molar-refractivity contribution in [3.8, 4) is 0 Å². The molecule has 0 amide bonds. The van der Waals surface area contributed by atoms with E-state index in [1.54, 1.807) is 23.7 Å². The Hall–Kier alpha value is -1.29. The third-order valence-electron chi connectivity index (χ3n) is 2.51. The summed E-state index contributed by atoms with van der Waals surface area (Å²) in [5.74, 6) is 0. The predicted octanol–water partition coefficient (Wildman–Crippen LogP) is 5.12. The first kappa shape index (κ1) is 13.1. The zero-order valence-electron chi connectivity index (χ0n) is 9.26. The Morgan fingerprint density at radius 1 is 1.11 bits per heavy atom. The van der Waals surface area contributed by atoms with Gasteiger partial charge in [0.1, 0.15) is 0 Å². The molecule has 5 heteroatoms. The molecule has 0 atom stereocenters. The number of rotatable bonds is 2. The van der Waals surface area contributed by atoms with Crippen LogP contribution in [0.5, 0.6) is 0 Å². The molecule has 92 valence electrons. The fourth-order valence-corrected chi connectivity index (χ4v) is 2.98. The second-order valence-electron chi connectivity index (χ2n) is 3.62. The van der Waals surface area contributed by atoms with Crippen molar-refractivity contribution in [1.82, 2.24) is 4.98 Å². The van der Waals surface area contributed by atoms with Crippen LogP contribution in [0.15, 0.2) is 48.1 Å². The quantitative estimate of drug-likeness (QED) is 0.710. The molecule has 0 aliphatic rings. The molecule has 18 heavy (non-hydrogen) atoms. The Labute approximate surface area is 120 Å². The first-order valence-corrected chi connectivity index (χ1v) is 6.43. The van der Waals surface area contributed by atoms with Crippen molar-refractivity contribution in [1.29, 1.82) is 0 Å². The summed E-state index contributed by atoms with van der Waals surface area (Å²) in [6, 6.07) is 9.82. The highest BCUT2D eigenvalue weighted by atomic mass is 35.5. The van der Waals surface area contributed by atoms with Gasteiger partial charge in [-0.25, -0.2) is 0 Å². The lowest BCUT2D eigenvalue weighted by Gasteiger charge is -2.05. The van der Waals surface area contributed by atoms with Crippen LogP contribution in [-0.4, -0.2) is 4.98 Å². The minimum absolute atomic E-state index is 0. The van der Waals surface area contributed by atoms with E-state index in [0.717, 1.165) is 21.8 Å². The van der Waals surface area contributed by atoms with E-state index in [9.17, 15) is 0 Å². The van der Waals surface area contributed by atoms with Crippen molar-refractivity contribution in [2.75, 3.05) is 5.32 Å². The molecule has 2 nitrogen and oxygen atoms in total. The van der Waals surface area contributed by atoms with E-state index in [0.29, 0.717) is 0 Å². The van der Waals surface area contributed by atoms with Crippen LogP contribution in [-0.2, 0) is 0 Å². The zero-order valence-corrected chi connectivity index (χ0v) is 11.6. The third-order valence-corrected chi connectivity index (χ3v) is 3.77. The van der Waals surface area contributed by atoms with Gasteiger partial charge < -0.3 is 5.32 Å². The minimum Gasteiger partial charge on any atom is -0.354 e. The largest absolute Gasteiger partial charge is 0.354 e. The van der Waals surface area contributed by atoms with Gasteiger partial charge in [-0.05, 0) is 24.3 Å². The lowest BCUT2D eigenvalue weighted by Crippen LogP contribution is -1.88. The monoisotopic (exact) mass is 296 g/mol. The second-order valence-corrected chi connectivity index (χ2v) is 4.94. The molecule has 0 saturated carbocycles. The fourth-order valence-electron chi connectivity index (χ4n) is 1.73. The van der Waals surface area contributed by atoms with Crippen molar-refractivity contribution in [2.24, 2.45) is 0 Å². The number of aromatic nitrogens is 1. The highest BCUT2D eigenvalue weighted by Crippen LogP contribution is 2.36. The molecular formula is C13H10Cl2N2S. The Morgan fingerprint density at radius 2 is 1.89 bits per heavy atom. The van der Waals surface area contributed by atoms with E-state index in [1.165, 1.54) is 4.70 Å². The number of benzene rings is 1. The standard InChI is InChI=1S/C13H9ClN2S.ClH/c14-10-2-1-3-12-13(10)11(8-17-12)16-9-4-6-15-7-5-9;/h1-8H,(H,15,16);1H. The molecule has 2 aromatic heterocycles. The molecular weight excluding hydrogens is 287 g/mol. The number of nitrogens with zero attached hydrogens (tertiary/aromatic N) is 1. The Bertz CT molecular complexity index is 652. The van der Waals surface area contributed by atoms with E-state index in [4.69, 9.17) is 11.6 Å². The van der Waals surface area contributed by atoms with Gasteiger partial charge in [-0.1, -0.05) is 17.7 Å². The minimum atomic E-state index is 0. The molecule has 0 saturated heterocycles. The van der Waals surface area contributed by atoms with Crippen molar-refractivity contribution in [2.45, 2.75) is 0 Å². The van der Waals surface area contributed by atoms with E-state index >= 15 is 0 Å². The molecule has 1 N–H and O–H groups in total. The average molecular weight is 297 g/mol. The molecule has 3 rings (SSSR count). The first-order chi connectivity index (χ1) is 8.34. The highest BCUT2D eigenvalue weighted by Gasteiger charge is 2.07. The Morgan fingerprint density at radius 3 is 2.67 bits per heavy atom. The summed E-state index contributed by atoms with van der Waals surface area (Å²) in [6.07, 6.45) is 3.52. The van der Waals surface area contributed by atoms with Crippen LogP contribution >= 0.6 is 35.3 Å². The summed E-state index contributed by atoms with van der Waals surface area (Å²) in [7, 11) is 0. The van der Waals surface area contributed by atoms with E-state index < -0.39 is 0 Å². The number of thiophene rings is 1. The highest BCUT2D eigenvalue weighted by molar-refractivity contribution is 7.18. The lowest BCUT2D eigenvalue weighted by atomic mass is 10.2. The summed E-state index contributed by atoms with van der Waals surface area (Å²) in [6.45, 7) is 0. The van der Waals surface area contributed by atoms with Gasteiger partial charge in [-0.2, -0.15) is 0 Å². The molecule has 0 spiro atoms. The molecule has 0 unspecified atom stereocenters. The van der Waals surface area contributed by atoms with Crippen LogP contribution < -0.4 is 5.32 Å². The molecule has 3 aromatic rings. The summed E-state index contributed by atoms with van der Waals surface area (Å²) in [5, 5.41) is 7.29. The van der Waals surface area contributed by atoms with Crippen molar-refractivity contribution in [3.05, 3.63) is 53.1 Å². The fraction of sp³-hybridized carbons (Fsp3) is 0. The normalized spacial score (nSPS) is 10.1. The van der Waals surface area contributed by atoms with Crippen LogP contribution in [0.4, 0.5) is 11.4 Å². The maximum atomic E-state index is 6.22. The van der Waals surface area contributed by atoms with Crippen LogP contribution in [0.1, 0.15) is 0 Å². The number of fused-ring (bicyclic) bond motifs is 1. The summed E-state index contributed by atoms with van der Waals surface area (Å²) in [5.41, 5.74) is 2.06. The number of anilines is 2. The summed E-state index contributed by atoms with van der Waals surface area (Å²) in [4.78, 5) is 3.99. The average Bonchev–Trinajstić information content (AvgIpc) is 2.75. The van der Waals surface area contributed by atoms with E-state index in [-0.39, 0.29) is 12.4 Å². The van der Waals surface area contributed by atoms with Gasteiger partial charge in [-0.3, -0.25) is 4.98 Å². The SMILES string of the molecule is Cl.Clc1cccc2scc(Nc3ccncc3)c12. The molecule has 0 fully saturated rings. The maximum Gasteiger partial charge on any atom is 0.0588 e. The van der Waals surface area contributed by atoms with Gasteiger partial charge in [0, 0.05) is 33.5 Å². The first-order valence-electron chi connectivity index (χ1n) is 5.17. The van der Waals surface area contributed by atoms with Gasteiger partial charge in [-0.15, -0.1) is 23.7 Å². The molecule has 2 heterocycles. The van der Waals surface area contributed by atoms with Crippen LogP contribution in [0.3, 0.4) is 0 Å². The van der Waals surface area contributed by atoms with E-state index in [2.05, 4.69) is 21.7 Å².